The number of benzene rings is 4. The summed E-state index contributed by atoms with van der Waals surface area (Å²) in [4.78, 5) is 29.4. The molecule has 0 bridgehead atoms. The van der Waals surface area contributed by atoms with E-state index < -0.39 is 4.92 Å². The van der Waals surface area contributed by atoms with Gasteiger partial charge in [0.2, 0.25) is 0 Å². The van der Waals surface area contributed by atoms with Crippen molar-refractivity contribution in [3.63, 3.8) is 0 Å². The highest BCUT2D eigenvalue weighted by Gasteiger charge is 2.19. The van der Waals surface area contributed by atoms with Crippen molar-refractivity contribution in [2.75, 3.05) is 5.32 Å². The van der Waals surface area contributed by atoms with Crippen LogP contribution in [0.5, 0.6) is 0 Å². The Morgan fingerprint density at radius 3 is 2.14 bits per heavy atom. The molecule has 0 saturated heterocycles. The van der Waals surface area contributed by atoms with E-state index in [0.717, 1.165) is 38.3 Å². The van der Waals surface area contributed by atoms with E-state index in [4.69, 9.17) is 4.98 Å². The molecule has 5 aromatic rings. The van der Waals surface area contributed by atoms with Crippen molar-refractivity contribution in [1.82, 2.24) is 4.98 Å². The summed E-state index contributed by atoms with van der Waals surface area (Å²) in [6.07, 6.45) is 0. The summed E-state index contributed by atoms with van der Waals surface area (Å²) in [6.45, 7) is 4.07. The highest BCUT2D eigenvalue weighted by Crippen LogP contribution is 2.41. The third kappa shape index (κ3) is 5.17. The molecule has 6 nitrogen and oxygen atoms in total. The van der Waals surface area contributed by atoms with E-state index in [2.05, 4.69) is 11.4 Å². The second-order valence-corrected chi connectivity index (χ2v) is 9.72. The third-order valence-electron chi connectivity index (χ3n) is 6.08. The number of non-ortho nitro benzene ring substituents is 1. The lowest BCUT2D eigenvalue weighted by Crippen LogP contribution is -2.11. The Hall–Kier alpha value is -4.62. The average molecular weight is 506 g/mol. The van der Waals surface area contributed by atoms with Gasteiger partial charge >= 0.3 is 0 Å². The first kappa shape index (κ1) is 24.1. The van der Waals surface area contributed by atoms with Crippen molar-refractivity contribution in [3.05, 3.63) is 124 Å². The van der Waals surface area contributed by atoms with Crippen LogP contribution in [0.4, 0.5) is 10.8 Å². The molecule has 0 aliphatic rings. The zero-order chi connectivity index (χ0) is 25.9. The minimum absolute atomic E-state index is 0.0134. The normalized spacial score (nSPS) is 10.8. The Morgan fingerprint density at radius 1 is 0.838 bits per heavy atom. The molecular weight excluding hydrogens is 482 g/mol. The maximum atomic E-state index is 13.1. The van der Waals surface area contributed by atoms with E-state index in [1.54, 1.807) is 24.3 Å². The number of aromatic nitrogens is 1. The van der Waals surface area contributed by atoms with Gasteiger partial charge in [0.1, 0.15) is 0 Å². The van der Waals surface area contributed by atoms with Gasteiger partial charge in [-0.05, 0) is 60.4 Å². The van der Waals surface area contributed by atoms with Crippen LogP contribution in [0.1, 0.15) is 21.5 Å². The Morgan fingerprint density at radius 2 is 1.49 bits per heavy atom. The van der Waals surface area contributed by atoms with Crippen LogP contribution in [-0.2, 0) is 0 Å². The van der Waals surface area contributed by atoms with E-state index >= 15 is 0 Å². The van der Waals surface area contributed by atoms with Crippen molar-refractivity contribution in [1.29, 1.82) is 0 Å². The van der Waals surface area contributed by atoms with E-state index in [1.807, 2.05) is 68.4 Å². The van der Waals surface area contributed by atoms with Gasteiger partial charge in [-0.1, -0.05) is 77.6 Å². The van der Waals surface area contributed by atoms with Crippen LogP contribution < -0.4 is 5.32 Å². The Balaban J connectivity index is 1.47. The minimum Gasteiger partial charge on any atom is -0.298 e. The first-order valence-corrected chi connectivity index (χ1v) is 12.5. The summed E-state index contributed by atoms with van der Waals surface area (Å²) >= 11 is 1.38. The first-order chi connectivity index (χ1) is 17.9. The largest absolute Gasteiger partial charge is 0.298 e. The number of nitro groups is 1. The molecule has 0 radical (unpaired) electrons. The molecule has 0 fully saturated rings. The highest BCUT2D eigenvalue weighted by atomic mass is 32.1. The van der Waals surface area contributed by atoms with Crippen LogP contribution in [0.2, 0.25) is 0 Å². The Labute approximate surface area is 218 Å². The molecule has 0 spiro atoms. The second-order valence-electron chi connectivity index (χ2n) is 8.72. The molecule has 37 heavy (non-hydrogen) atoms. The maximum absolute atomic E-state index is 13.1. The number of rotatable bonds is 6. The molecule has 1 heterocycles. The van der Waals surface area contributed by atoms with Crippen LogP contribution in [0.3, 0.4) is 0 Å². The predicted molar refractivity (Wildman–Crippen MR) is 149 cm³/mol. The number of amides is 1. The molecule has 0 saturated carbocycles. The van der Waals surface area contributed by atoms with Crippen LogP contribution in [0, 0.1) is 24.0 Å². The van der Waals surface area contributed by atoms with E-state index in [-0.39, 0.29) is 11.6 Å². The standard InChI is InChI=1S/C30H23N3O3S/c1-19-8-17-26(20(2)18-19)28-27(23-13-15-25(16-14-23)33(35)36)31-30(37-28)32-29(34)24-11-9-22(10-12-24)21-6-4-3-5-7-21/h3-18H,1-2H3,(H,31,32,34). The van der Waals surface area contributed by atoms with Crippen LogP contribution in [0.25, 0.3) is 32.8 Å². The molecule has 0 unspecified atom stereocenters. The molecule has 182 valence electrons. The van der Waals surface area contributed by atoms with Gasteiger partial charge in [-0.15, -0.1) is 0 Å². The van der Waals surface area contributed by atoms with Gasteiger partial charge in [0.25, 0.3) is 11.6 Å². The summed E-state index contributed by atoms with van der Waals surface area (Å²) in [5.74, 6) is -0.254. The van der Waals surface area contributed by atoms with Crippen molar-refractivity contribution >= 4 is 28.1 Å². The quantitative estimate of drug-likeness (QED) is 0.188. The number of hydrogen-bond donors (Lipinski definition) is 1. The lowest BCUT2D eigenvalue weighted by Gasteiger charge is -2.07. The predicted octanol–water partition coefficient (Wildman–Crippen LogP) is 7.92. The minimum atomic E-state index is -0.426. The zero-order valence-corrected chi connectivity index (χ0v) is 21.1. The van der Waals surface area contributed by atoms with Crippen molar-refractivity contribution in [2.24, 2.45) is 0 Å². The molecule has 1 amide bonds. The van der Waals surface area contributed by atoms with Crippen LogP contribution in [0.15, 0.2) is 97.1 Å². The monoisotopic (exact) mass is 505 g/mol. The van der Waals surface area contributed by atoms with Gasteiger partial charge < -0.3 is 0 Å². The summed E-state index contributed by atoms with van der Waals surface area (Å²) in [5, 5.41) is 14.5. The fraction of sp³-hybridized carbons (Fsp3) is 0.0667. The third-order valence-corrected chi connectivity index (χ3v) is 7.08. The van der Waals surface area contributed by atoms with Crippen molar-refractivity contribution < 1.29 is 9.72 Å². The molecule has 7 heteroatoms. The smallest absolute Gasteiger partial charge is 0.269 e. The summed E-state index contributed by atoms with van der Waals surface area (Å²) in [6, 6.07) is 29.9. The number of hydrogen-bond acceptors (Lipinski definition) is 5. The van der Waals surface area contributed by atoms with Crippen LogP contribution in [-0.4, -0.2) is 15.8 Å². The Bertz CT molecular complexity index is 1590. The average Bonchev–Trinajstić information content (AvgIpc) is 3.32. The summed E-state index contributed by atoms with van der Waals surface area (Å²) in [5.41, 5.74) is 7.30. The molecule has 0 atom stereocenters. The molecule has 5 rings (SSSR count). The fourth-order valence-corrected chi connectivity index (χ4v) is 5.25. The number of nitrogens with one attached hydrogen (secondary N) is 1. The number of carbonyl (C=O) groups excluding carboxylic acids is 1. The van der Waals surface area contributed by atoms with E-state index in [1.165, 1.54) is 23.5 Å². The highest BCUT2D eigenvalue weighted by molar-refractivity contribution is 7.19. The van der Waals surface area contributed by atoms with Crippen molar-refractivity contribution in [2.45, 2.75) is 13.8 Å². The van der Waals surface area contributed by atoms with Gasteiger partial charge in [-0.25, -0.2) is 4.98 Å². The fourth-order valence-electron chi connectivity index (χ4n) is 4.18. The van der Waals surface area contributed by atoms with Gasteiger partial charge in [0.15, 0.2) is 5.13 Å². The SMILES string of the molecule is Cc1ccc(-c2sc(NC(=O)c3ccc(-c4ccccc4)cc3)nc2-c2ccc([N+](=O)[O-])cc2)c(C)c1. The number of anilines is 1. The van der Waals surface area contributed by atoms with E-state index in [0.29, 0.717) is 16.4 Å². The lowest BCUT2D eigenvalue weighted by molar-refractivity contribution is -0.384. The van der Waals surface area contributed by atoms with Crippen molar-refractivity contribution in [3.8, 4) is 32.8 Å². The summed E-state index contributed by atoms with van der Waals surface area (Å²) < 4.78 is 0. The van der Waals surface area contributed by atoms with Gasteiger partial charge in [-0.3, -0.25) is 20.2 Å². The lowest BCUT2D eigenvalue weighted by atomic mass is 10.0. The number of carbonyl (C=O) groups is 1. The Kier molecular flexibility index (Phi) is 6.62. The molecule has 0 aliphatic heterocycles. The zero-order valence-electron chi connectivity index (χ0n) is 20.3. The maximum Gasteiger partial charge on any atom is 0.269 e. The first-order valence-electron chi connectivity index (χ1n) is 11.7. The van der Waals surface area contributed by atoms with E-state index in [9.17, 15) is 14.9 Å². The molecule has 1 N–H and O–H groups in total. The summed E-state index contributed by atoms with van der Waals surface area (Å²) in [7, 11) is 0. The van der Waals surface area contributed by atoms with Gasteiger partial charge in [0, 0.05) is 23.3 Å². The van der Waals surface area contributed by atoms with Gasteiger partial charge in [0.05, 0.1) is 15.5 Å². The topological polar surface area (TPSA) is 85.1 Å². The second kappa shape index (κ2) is 10.2. The number of aryl methyl sites for hydroxylation is 2. The number of nitrogens with zero attached hydrogens (tertiary/aromatic N) is 2. The van der Waals surface area contributed by atoms with Gasteiger partial charge in [-0.2, -0.15) is 0 Å². The molecule has 4 aromatic carbocycles. The number of nitro benzene ring substituents is 1. The van der Waals surface area contributed by atoms with Crippen LogP contribution >= 0.6 is 11.3 Å². The molecule has 0 aliphatic carbocycles. The molecule has 1 aromatic heterocycles. The molecular formula is C30H23N3O3S. The number of thiazole rings is 1.